The van der Waals surface area contributed by atoms with Crippen LogP contribution in [0.25, 0.3) is 0 Å². The van der Waals surface area contributed by atoms with Gasteiger partial charge in [-0.15, -0.1) is 0 Å². The van der Waals surface area contributed by atoms with Crippen LogP contribution in [-0.4, -0.2) is 48.8 Å². The largest absolute Gasteiger partial charge is 0.444 e. The first-order valence-corrected chi connectivity index (χ1v) is 8.11. The quantitative estimate of drug-likeness (QED) is 0.817. The molecule has 1 fully saturated rings. The molecule has 1 aliphatic carbocycles. The molecule has 1 unspecified atom stereocenters. The Kier molecular flexibility index (Phi) is 6.94. The first kappa shape index (κ1) is 18.2. The molecule has 1 rings (SSSR count). The van der Waals surface area contributed by atoms with Gasteiger partial charge in [-0.1, -0.05) is 6.92 Å². The second-order valence-electron chi connectivity index (χ2n) is 7.35. The monoisotopic (exact) mass is 299 g/mol. The van der Waals surface area contributed by atoms with Gasteiger partial charge in [-0.25, -0.2) is 4.79 Å². The average molecular weight is 299 g/mol. The van der Waals surface area contributed by atoms with E-state index in [1.54, 1.807) is 0 Å². The lowest BCUT2D eigenvalue weighted by molar-refractivity contribution is 0.0497. The summed E-state index contributed by atoms with van der Waals surface area (Å²) in [6, 6.07) is 0.742. The van der Waals surface area contributed by atoms with Crippen molar-refractivity contribution in [2.45, 2.75) is 71.1 Å². The fourth-order valence-corrected chi connectivity index (χ4v) is 2.86. The maximum atomic E-state index is 11.7. The third-order valence-corrected chi connectivity index (χ3v) is 4.29. The molecule has 1 atom stereocenters. The minimum Gasteiger partial charge on any atom is -0.444 e. The number of ether oxygens (including phenoxy) is 1. The molecule has 0 aromatic rings. The third kappa shape index (κ3) is 6.66. The van der Waals surface area contributed by atoms with Gasteiger partial charge >= 0.3 is 6.09 Å². The molecule has 0 radical (unpaired) electrons. The van der Waals surface area contributed by atoms with Crippen molar-refractivity contribution in [3.8, 4) is 0 Å². The van der Waals surface area contributed by atoms with Crippen LogP contribution in [0.4, 0.5) is 4.79 Å². The van der Waals surface area contributed by atoms with E-state index in [0.29, 0.717) is 19.1 Å². The van der Waals surface area contributed by atoms with E-state index in [1.807, 2.05) is 20.8 Å². The highest BCUT2D eigenvalue weighted by molar-refractivity contribution is 5.67. The van der Waals surface area contributed by atoms with Crippen molar-refractivity contribution in [2.75, 3.05) is 20.1 Å². The lowest BCUT2D eigenvalue weighted by atomic mass is 9.86. The molecule has 21 heavy (non-hydrogen) atoms. The third-order valence-electron chi connectivity index (χ3n) is 4.29. The summed E-state index contributed by atoms with van der Waals surface area (Å²) in [4.78, 5) is 14.1. The molecule has 124 valence electrons. The van der Waals surface area contributed by atoms with Gasteiger partial charge in [0.15, 0.2) is 0 Å². The lowest BCUT2D eigenvalue weighted by Crippen LogP contribution is -2.51. The summed E-state index contributed by atoms with van der Waals surface area (Å²) in [5.74, 6) is 0.839. The molecule has 1 aliphatic rings. The van der Waals surface area contributed by atoms with Crippen LogP contribution in [0.1, 0.15) is 53.4 Å². The number of nitrogens with two attached hydrogens (primary N) is 1. The second-order valence-corrected chi connectivity index (χ2v) is 7.35. The molecule has 1 saturated carbocycles. The van der Waals surface area contributed by atoms with Crippen LogP contribution in [0.5, 0.6) is 0 Å². The van der Waals surface area contributed by atoms with Gasteiger partial charge in [0.05, 0.1) is 0 Å². The number of hydrogen-bond donors (Lipinski definition) is 2. The zero-order valence-corrected chi connectivity index (χ0v) is 14.3. The second kappa shape index (κ2) is 7.99. The summed E-state index contributed by atoms with van der Waals surface area (Å²) in [5, 5.41) is 2.84. The normalized spacial score (nSPS) is 24.7. The molecule has 0 spiro atoms. The molecular formula is C16H33N3O2. The van der Waals surface area contributed by atoms with Crippen LogP contribution in [0.15, 0.2) is 0 Å². The van der Waals surface area contributed by atoms with E-state index in [9.17, 15) is 4.79 Å². The smallest absolute Gasteiger partial charge is 0.407 e. The lowest BCUT2D eigenvalue weighted by Gasteiger charge is -2.38. The van der Waals surface area contributed by atoms with E-state index in [2.05, 4.69) is 24.2 Å². The molecule has 0 aliphatic heterocycles. The van der Waals surface area contributed by atoms with Crippen LogP contribution in [0, 0.1) is 5.92 Å². The molecule has 0 aromatic carbocycles. The van der Waals surface area contributed by atoms with Gasteiger partial charge in [-0.05, 0) is 59.4 Å². The number of rotatable bonds is 5. The van der Waals surface area contributed by atoms with Crippen molar-refractivity contribution in [2.24, 2.45) is 11.7 Å². The Morgan fingerprint density at radius 2 is 1.90 bits per heavy atom. The van der Waals surface area contributed by atoms with Crippen molar-refractivity contribution >= 4 is 6.09 Å². The molecule has 5 nitrogen and oxygen atoms in total. The van der Waals surface area contributed by atoms with E-state index < -0.39 is 5.60 Å². The van der Waals surface area contributed by atoms with Gasteiger partial charge in [-0.3, -0.25) is 4.90 Å². The topological polar surface area (TPSA) is 67.6 Å². The summed E-state index contributed by atoms with van der Waals surface area (Å²) in [6.07, 6.45) is 4.64. The first-order chi connectivity index (χ1) is 9.73. The van der Waals surface area contributed by atoms with Gasteiger partial charge < -0.3 is 15.8 Å². The highest BCUT2D eigenvalue weighted by Gasteiger charge is 2.26. The maximum Gasteiger partial charge on any atom is 0.407 e. The summed E-state index contributed by atoms with van der Waals surface area (Å²) in [6.45, 7) is 8.99. The van der Waals surface area contributed by atoms with Crippen LogP contribution >= 0.6 is 0 Å². The first-order valence-electron chi connectivity index (χ1n) is 8.11. The SMILES string of the molecule is CC1CCC(N(C)C(CN)CNC(=O)OC(C)(C)C)CC1. The predicted molar refractivity (Wildman–Crippen MR) is 86.3 cm³/mol. The van der Waals surface area contributed by atoms with Crippen LogP contribution < -0.4 is 11.1 Å². The number of nitrogens with one attached hydrogen (secondary N) is 1. The Morgan fingerprint density at radius 1 is 1.33 bits per heavy atom. The minimum atomic E-state index is -0.465. The number of hydrogen-bond acceptors (Lipinski definition) is 4. The number of carbonyl (C=O) groups excluding carboxylic acids is 1. The van der Waals surface area contributed by atoms with Crippen LogP contribution in [0.3, 0.4) is 0 Å². The zero-order chi connectivity index (χ0) is 16.0. The van der Waals surface area contributed by atoms with E-state index >= 15 is 0 Å². The summed E-state index contributed by atoms with van der Waals surface area (Å²) in [7, 11) is 2.12. The highest BCUT2D eigenvalue weighted by atomic mass is 16.6. The van der Waals surface area contributed by atoms with Gasteiger partial charge in [0.25, 0.3) is 0 Å². The van der Waals surface area contributed by atoms with Crippen molar-refractivity contribution in [1.29, 1.82) is 0 Å². The molecule has 5 heteroatoms. The Bertz CT molecular complexity index is 320. The number of carbonyl (C=O) groups is 1. The summed E-state index contributed by atoms with van der Waals surface area (Å²) >= 11 is 0. The highest BCUT2D eigenvalue weighted by Crippen LogP contribution is 2.27. The van der Waals surface area contributed by atoms with Crippen molar-refractivity contribution < 1.29 is 9.53 Å². The summed E-state index contributed by atoms with van der Waals surface area (Å²) < 4.78 is 5.26. The molecule has 1 amide bonds. The Hall–Kier alpha value is -0.810. The molecule has 0 bridgehead atoms. The van der Waals surface area contributed by atoms with E-state index in [-0.39, 0.29) is 12.1 Å². The van der Waals surface area contributed by atoms with Gasteiger partial charge in [0, 0.05) is 25.2 Å². The fraction of sp³-hybridized carbons (Fsp3) is 0.938. The number of alkyl carbamates (subject to hydrolysis) is 1. The van der Waals surface area contributed by atoms with Gasteiger partial charge in [0.2, 0.25) is 0 Å². The average Bonchev–Trinajstić information content (AvgIpc) is 2.38. The fourth-order valence-electron chi connectivity index (χ4n) is 2.86. The molecular weight excluding hydrogens is 266 g/mol. The number of amides is 1. The molecule has 3 N–H and O–H groups in total. The maximum absolute atomic E-state index is 11.7. The van der Waals surface area contributed by atoms with Gasteiger partial charge in [-0.2, -0.15) is 0 Å². The zero-order valence-electron chi connectivity index (χ0n) is 14.3. The van der Waals surface area contributed by atoms with E-state index in [4.69, 9.17) is 10.5 Å². The van der Waals surface area contributed by atoms with Gasteiger partial charge in [0.1, 0.15) is 5.60 Å². The predicted octanol–water partition coefficient (Wildman–Crippen LogP) is 2.35. The van der Waals surface area contributed by atoms with Crippen molar-refractivity contribution in [1.82, 2.24) is 10.2 Å². The van der Waals surface area contributed by atoms with Crippen LogP contribution in [0.2, 0.25) is 0 Å². The number of nitrogens with zero attached hydrogens (tertiary/aromatic N) is 1. The standard InChI is InChI=1S/C16H33N3O2/c1-12-6-8-13(9-7-12)19(5)14(10-17)11-18-15(20)21-16(2,3)4/h12-14H,6-11,17H2,1-5H3,(H,18,20). The minimum absolute atomic E-state index is 0.163. The molecule has 0 aromatic heterocycles. The van der Waals surface area contributed by atoms with E-state index in [1.165, 1.54) is 25.7 Å². The number of likely N-dealkylation sites (N-methyl/N-ethyl adjacent to an activating group) is 1. The Labute approximate surface area is 129 Å². The van der Waals surface area contributed by atoms with Crippen molar-refractivity contribution in [3.63, 3.8) is 0 Å². The Morgan fingerprint density at radius 3 is 2.38 bits per heavy atom. The molecule has 0 saturated heterocycles. The Balaban J connectivity index is 2.41. The van der Waals surface area contributed by atoms with Crippen molar-refractivity contribution in [3.05, 3.63) is 0 Å². The summed E-state index contributed by atoms with van der Waals surface area (Å²) in [5.41, 5.74) is 5.42. The van der Waals surface area contributed by atoms with E-state index in [0.717, 1.165) is 5.92 Å². The van der Waals surface area contributed by atoms with Crippen LogP contribution in [-0.2, 0) is 4.74 Å². The molecule has 0 heterocycles.